The average molecular weight is 227 g/mol. The molecule has 82 valence electrons. The van der Waals surface area contributed by atoms with Gasteiger partial charge in [-0.05, 0) is 44.2 Å². The largest absolute Gasteiger partial charge is 0.474 e. The second-order valence-corrected chi connectivity index (χ2v) is 4.34. The van der Waals surface area contributed by atoms with Crippen molar-refractivity contribution in [2.45, 2.75) is 45.1 Å². The second-order valence-electron chi connectivity index (χ2n) is 4.01. The lowest BCUT2D eigenvalue weighted by atomic mass is 9.98. The summed E-state index contributed by atoms with van der Waals surface area (Å²) in [6, 6.07) is 0. The lowest BCUT2D eigenvalue weighted by Gasteiger charge is -2.22. The van der Waals surface area contributed by atoms with Crippen LogP contribution >= 0.6 is 11.6 Å². The van der Waals surface area contributed by atoms with Crippen LogP contribution in [0.5, 0.6) is 5.88 Å². The van der Waals surface area contributed by atoms with Crippen LogP contribution in [-0.4, -0.2) is 16.1 Å². The number of halogens is 1. The lowest BCUT2D eigenvalue weighted by Crippen LogP contribution is -2.20. The Morgan fingerprint density at radius 2 is 2.07 bits per heavy atom. The van der Waals surface area contributed by atoms with Gasteiger partial charge in [-0.25, -0.2) is 4.98 Å². The van der Waals surface area contributed by atoms with Crippen LogP contribution in [0.25, 0.3) is 0 Å². The summed E-state index contributed by atoms with van der Waals surface area (Å²) in [6.07, 6.45) is 8.09. The van der Waals surface area contributed by atoms with E-state index in [1.807, 2.05) is 6.92 Å². The van der Waals surface area contributed by atoms with Crippen LogP contribution in [0, 0.1) is 6.92 Å². The number of nitrogens with zero attached hydrogens (tertiary/aromatic N) is 2. The topological polar surface area (TPSA) is 35.0 Å². The number of hydrogen-bond donors (Lipinski definition) is 0. The summed E-state index contributed by atoms with van der Waals surface area (Å²) in [6.45, 7) is 1.94. The van der Waals surface area contributed by atoms with Crippen LogP contribution in [-0.2, 0) is 0 Å². The summed E-state index contributed by atoms with van der Waals surface area (Å²) in [7, 11) is 0. The van der Waals surface area contributed by atoms with E-state index in [0.717, 1.165) is 18.4 Å². The van der Waals surface area contributed by atoms with E-state index in [1.165, 1.54) is 19.3 Å². The van der Waals surface area contributed by atoms with E-state index in [-0.39, 0.29) is 5.28 Å². The second kappa shape index (κ2) is 4.79. The molecule has 1 fully saturated rings. The fourth-order valence-electron chi connectivity index (χ4n) is 1.87. The molecule has 0 bridgehead atoms. The first-order chi connectivity index (χ1) is 7.25. The van der Waals surface area contributed by atoms with Crippen molar-refractivity contribution >= 4 is 11.6 Å². The minimum atomic E-state index is 0.256. The highest BCUT2D eigenvalue weighted by Crippen LogP contribution is 2.24. The van der Waals surface area contributed by atoms with E-state index in [0.29, 0.717) is 12.0 Å². The quantitative estimate of drug-likeness (QED) is 0.727. The average Bonchev–Trinajstić information content (AvgIpc) is 2.25. The molecular weight excluding hydrogens is 212 g/mol. The maximum Gasteiger partial charge on any atom is 0.225 e. The summed E-state index contributed by atoms with van der Waals surface area (Å²) in [4.78, 5) is 8.01. The maximum atomic E-state index is 5.83. The molecule has 1 aliphatic rings. The van der Waals surface area contributed by atoms with Gasteiger partial charge in [-0.2, -0.15) is 4.98 Å². The predicted octanol–water partition coefficient (Wildman–Crippen LogP) is 3.15. The fourth-order valence-corrected chi connectivity index (χ4v) is 1.99. The lowest BCUT2D eigenvalue weighted by molar-refractivity contribution is 0.147. The molecule has 4 heteroatoms. The minimum Gasteiger partial charge on any atom is -0.474 e. The van der Waals surface area contributed by atoms with Crippen molar-refractivity contribution in [1.29, 1.82) is 0 Å². The van der Waals surface area contributed by atoms with Crippen LogP contribution in [0.1, 0.15) is 37.7 Å². The number of rotatable bonds is 2. The highest BCUT2D eigenvalue weighted by atomic mass is 35.5. The van der Waals surface area contributed by atoms with Crippen molar-refractivity contribution in [3.05, 3.63) is 17.0 Å². The molecule has 0 spiro atoms. The summed E-state index contributed by atoms with van der Waals surface area (Å²) in [5.74, 6) is 0.641. The Labute approximate surface area is 94.8 Å². The number of aryl methyl sites for hydroxylation is 1. The van der Waals surface area contributed by atoms with Crippen LogP contribution in [0.4, 0.5) is 0 Å². The van der Waals surface area contributed by atoms with Crippen LogP contribution in [0.3, 0.4) is 0 Å². The Kier molecular flexibility index (Phi) is 3.41. The third-order valence-corrected chi connectivity index (χ3v) is 2.91. The first kappa shape index (κ1) is 10.7. The standard InChI is InChI=1S/C11H15ClN2O/c1-8-7-13-11(12)14-10(8)15-9-5-3-2-4-6-9/h7,9H,2-6H2,1H3. The molecule has 0 saturated heterocycles. The fraction of sp³-hybridized carbons (Fsp3) is 0.636. The smallest absolute Gasteiger partial charge is 0.225 e. The highest BCUT2D eigenvalue weighted by Gasteiger charge is 2.16. The molecule has 2 rings (SSSR count). The normalized spacial score (nSPS) is 17.7. The van der Waals surface area contributed by atoms with Gasteiger partial charge in [-0.1, -0.05) is 6.42 Å². The van der Waals surface area contributed by atoms with Gasteiger partial charge >= 0.3 is 0 Å². The zero-order chi connectivity index (χ0) is 10.7. The number of aromatic nitrogens is 2. The van der Waals surface area contributed by atoms with Gasteiger partial charge in [-0.15, -0.1) is 0 Å². The van der Waals surface area contributed by atoms with E-state index in [9.17, 15) is 0 Å². The van der Waals surface area contributed by atoms with Crippen molar-refractivity contribution in [1.82, 2.24) is 9.97 Å². The van der Waals surface area contributed by atoms with Crippen molar-refractivity contribution in [2.24, 2.45) is 0 Å². The first-order valence-corrected chi connectivity index (χ1v) is 5.79. The number of ether oxygens (including phenoxy) is 1. The van der Waals surface area contributed by atoms with E-state index in [2.05, 4.69) is 9.97 Å². The molecule has 0 aromatic carbocycles. The molecule has 0 aliphatic heterocycles. The Morgan fingerprint density at radius 1 is 1.33 bits per heavy atom. The van der Waals surface area contributed by atoms with E-state index < -0.39 is 0 Å². The zero-order valence-corrected chi connectivity index (χ0v) is 9.63. The Bertz CT molecular complexity index is 337. The predicted molar refractivity (Wildman–Crippen MR) is 59.3 cm³/mol. The van der Waals surface area contributed by atoms with Crippen LogP contribution < -0.4 is 4.74 Å². The van der Waals surface area contributed by atoms with Gasteiger partial charge in [0.1, 0.15) is 6.10 Å². The molecule has 0 N–H and O–H groups in total. The monoisotopic (exact) mass is 226 g/mol. The SMILES string of the molecule is Cc1cnc(Cl)nc1OC1CCCCC1. The van der Waals surface area contributed by atoms with E-state index in [1.54, 1.807) is 6.20 Å². The molecule has 1 aliphatic carbocycles. The van der Waals surface area contributed by atoms with Crippen molar-refractivity contribution in [3.63, 3.8) is 0 Å². The molecule has 0 unspecified atom stereocenters. The van der Waals surface area contributed by atoms with Gasteiger partial charge in [0.15, 0.2) is 0 Å². The third kappa shape index (κ3) is 2.81. The minimum absolute atomic E-state index is 0.256. The van der Waals surface area contributed by atoms with Gasteiger partial charge in [0.25, 0.3) is 0 Å². The third-order valence-electron chi connectivity index (χ3n) is 2.73. The van der Waals surface area contributed by atoms with E-state index in [4.69, 9.17) is 16.3 Å². The van der Waals surface area contributed by atoms with Crippen LogP contribution in [0.2, 0.25) is 5.28 Å². The Morgan fingerprint density at radius 3 is 2.80 bits per heavy atom. The summed E-state index contributed by atoms with van der Waals surface area (Å²) >= 11 is 5.73. The molecule has 1 aromatic heterocycles. The molecule has 0 radical (unpaired) electrons. The summed E-state index contributed by atoms with van der Waals surface area (Å²) in [5, 5.41) is 0.256. The van der Waals surface area contributed by atoms with Gasteiger partial charge in [0, 0.05) is 11.8 Å². The summed E-state index contributed by atoms with van der Waals surface area (Å²) < 4.78 is 5.83. The molecule has 1 heterocycles. The van der Waals surface area contributed by atoms with Crippen molar-refractivity contribution in [3.8, 4) is 5.88 Å². The zero-order valence-electron chi connectivity index (χ0n) is 8.87. The van der Waals surface area contributed by atoms with Gasteiger partial charge in [0.2, 0.25) is 11.2 Å². The first-order valence-electron chi connectivity index (χ1n) is 5.41. The molecule has 1 aromatic rings. The molecular formula is C11H15ClN2O. The number of hydrogen-bond acceptors (Lipinski definition) is 3. The highest BCUT2D eigenvalue weighted by molar-refractivity contribution is 6.28. The van der Waals surface area contributed by atoms with Gasteiger partial charge in [-0.3, -0.25) is 0 Å². The van der Waals surface area contributed by atoms with Crippen LogP contribution in [0.15, 0.2) is 6.20 Å². The molecule has 0 amide bonds. The molecule has 3 nitrogen and oxygen atoms in total. The van der Waals surface area contributed by atoms with Gasteiger partial charge in [0.05, 0.1) is 0 Å². The van der Waals surface area contributed by atoms with E-state index >= 15 is 0 Å². The molecule has 1 saturated carbocycles. The summed E-state index contributed by atoms with van der Waals surface area (Å²) in [5.41, 5.74) is 0.949. The molecule has 0 atom stereocenters. The van der Waals surface area contributed by atoms with Crippen molar-refractivity contribution < 1.29 is 4.74 Å². The van der Waals surface area contributed by atoms with Gasteiger partial charge < -0.3 is 4.74 Å². The Balaban J connectivity index is 2.05. The molecule has 15 heavy (non-hydrogen) atoms. The Hall–Kier alpha value is -0.830. The van der Waals surface area contributed by atoms with Crippen molar-refractivity contribution in [2.75, 3.05) is 0 Å². The maximum absolute atomic E-state index is 5.83.